The lowest BCUT2D eigenvalue weighted by Gasteiger charge is -2.32. The third kappa shape index (κ3) is 7.51. The van der Waals surface area contributed by atoms with Crippen LogP contribution in [0.2, 0.25) is 0 Å². The zero-order valence-corrected chi connectivity index (χ0v) is 21.1. The van der Waals surface area contributed by atoms with Gasteiger partial charge in [0.15, 0.2) is 17.5 Å². The van der Waals surface area contributed by atoms with Gasteiger partial charge in [-0.15, -0.1) is 24.0 Å². The first kappa shape index (κ1) is 25.8. The van der Waals surface area contributed by atoms with Gasteiger partial charge in [0.2, 0.25) is 0 Å². The number of hydrogen-bond acceptors (Lipinski definition) is 4. The van der Waals surface area contributed by atoms with Crippen LogP contribution in [-0.4, -0.2) is 69.2 Å². The number of methoxy groups -OCH3 is 2. The molecule has 7 heteroatoms. The lowest BCUT2D eigenvalue weighted by Crippen LogP contribution is -2.44. The van der Waals surface area contributed by atoms with Gasteiger partial charge in [-0.1, -0.05) is 13.8 Å². The molecule has 2 rings (SSSR count). The molecule has 1 aromatic carbocycles. The standard InChI is InChI=1S/C22H38N4O2.HI/c1-6-23-22(24-12-9-10-13-25(7-2)8-3)26-14-11-18-15-20(27-4)21(28-5)16-19(18)17-26;/h15-16H,6-14,17H2,1-5H3,(H,23,24);1H. The van der Waals surface area contributed by atoms with E-state index in [1.165, 1.54) is 17.5 Å². The zero-order chi connectivity index (χ0) is 20.4. The minimum Gasteiger partial charge on any atom is -0.493 e. The first-order valence-corrected chi connectivity index (χ1v) is 10.7. The topological polar surface area (TPSA) is 49.3 Å². The number of nitrogens with zero attached hydrogens (tertiary/aromatic N) is 3. The molecule has 1 N–H and O–H groups in total. The van der Waals surface area contributed by atoms with Crippen molar-refractivity contribution < 1.29 is 9.47 Å². The molecular weight excluding hydrogens is 479 g/mol. The Morgan fingerprint density at radius 3 is 2.31 bits per heavy atom. The lowest BCUT2D eigenvalue weighted by atomic mass is 9.99. The molecule has 166 valence electrons. The van der Waals surface area contributed by atoms with Crippen molar-refractivity contribution >= 4 is 29.9 Å². The van der Waals surface area contributed by atoms with E-state index >= 15 is 0 Å². The van der Waals surface area contributed by atoms with Crippen molar-refractivity contribution in [1.82, 2.24) is 15.1 Å². The Hall–Kier alpha value is -1.22. The summed E-state index contributed by atoms with van der Waals surface area (Å²) in [6.07, 6.45) is 3.31. The summed E-state index contributed by atoms with van der Waals surface area (Å²) in [7, 11) is 3.38. The van der Waals surface area contributed by atoms with E-state index in [4.69, 9.17) is 14.5 Å². The highest BCUT2D eigenvalue weighted by molar-refractivity contribution is 14.0. The minimum atomic E-state index is 0. The summed E-state index contributed by atoms with van der Waals surface area (Å²) in [4.78, 5) is 9.71. The SMILES string of the molecule is CCNC(=NCCCCN(CC)CC)N1CCc2cc(OC)c(OC)cc2C1.I. The Labute approximate surface area is 194 Å². The van der Waals surface area contributed by atoms with Crippen LogP contribution >= 0.6 is 24.0 Å². The maximum atomic E-state index is 5.48. The Kier molecular flexibility index (Phi) is 12.4. The molecule has 1 aliphatic heterocycles. The summed E-state index contributed by atoms with van der Waals surface area (Å²) in [5.74, 6) is 2.62. The molecule has 6 nitrogen and oxygen atoms in total. The fourth-order valence-electron chi connectivity index (χ4n) is 3.66. The molecule has 0 atom stereocenters. The molecule has 0 fully saturated rings. The highest BCUT2D eigenvalue weighted by Crippen LogP contribution is 2.33. The highest BCUT2D eigenvalue weighted by atomic mass is 127. The van der Waals surface area contributed by atoms with Crippen LogP contribution < -0.4 is 14.8 Å². The van der Waals surface area contributed by atoms with E-state index < -0.39 is 0 Å². The number of guanidine groups is 1. The molecule has 0 saturated carbocycles. The predicted octanol–water partition coefficient (Wildman–Crippen LogP) is 3.77. The van der Waals surface area contributed by atoms with Crippen LogP contribution in [0, 0.1) is 0 Å². The Morgan fingerprint density at radius 1 is 1.07 bits per heavy atom. The quantitative estimate of drug-likeness (QED) is 0.221. The predicted molar refractivity (Wildman–Crippen MR) is 132 cm³/mol. The number of unbranched alkanes of at least 4 members (excludes halogenated alkanes) is 1. The first-order chi connectivity index (χ1) is 13.7. The number of hydrogen-bond donors (Lipinski definition) is 1. The van der Waals surface area contributed by atoms with E-state index in [-0.39, 0.29) is 24.0 Å². The van der Waals surface area contributed by atoms with Crippen LogP contribution in [0.5, 0.6) is 11.5 Å². The van der Waals surface area contributed by atoms with Crippen molar-refractivity contribution in [3.8, 4) is 11.5 Å². The highest BCUT2D eigenvalue weighted by Gasteiger charge is 2.21. The number of aliphatic imine (C=N–C) groups is 1. The van der Waals surface area contributed by atoms with Crippen LogP contribution in [0.15, 0.2) is 17.1 Å². The zero-order valence-electron chi connectivity index (χ0n) is 18.8. The van der Waals surface area contributed by atoms with Crippen molar-refractivity contribution in [3.05, 3.63) is 23.3 Å². The fourth-order valence-corrected chi connectivity index (χ4v) is 3.66. The maximum absolute atomic E-state index is 5.48. The van der Waals surface area contributed by atoms with Crippen molar-refractivity contribution in [2.75, 3.05) is 53.5 Å². The summed E-state index contributed by atoms with van der Waals surface area (Å²) in [6.45, 7) is 13.6. The summed E-state index contributed by atoms with van der Waals surface area (Å²) < 4.78 is 10.9. The van der Waals surface area contributed by atoms with Crippen LogP contribution in [0.25, 0.3) is 0 Å². The molecule has 1 aliphatic rings. The second kappa shape index (κ2) is 13.9. The molecule has 0 unspecified atom stereocenters. The van der Waals surface area contributed by atoms with Gasteiger partial charge in [0.1, 0.15) is 0 Å². The summed E-state index contributed by atoms with van der Waals surface area (Å²) in [6, 6.07) is 4.22. The third-order valence-corrected chi connectivity index (χ3v) is 5.39. The third-order valence-electron chi connectivity index (χ3n) is 5.39. The van der Waals surface area contributed by atoms with Crippen LogP contribution in [-0.2, 0) is 13.0 Å². The molecule has 29 heavy (non-hydrogen) atoms. The average Bonchev–Trinajstić information content (AvgIpc) is 2.74. The van der Waals surface area contributed by atoms with Crippen molar-refractivity contribution in [1.29, 1.82) is 0 Å². The van der Waals surface area contributed by atoms with E-state index in [2.05, 4.69) is 48.0 Å². The van der Waals surface area contributed by atoms with Gasteiger partial charge in [-0.3, -0.25) is 4.99 Å². The second-order valence-electron chi connectivity index (χ2n) is 7.12. The summed E-state index contributed by atoms with van der Waals surface area (Å²) in [5.41, 5.74) is 2.63. The molecule has 0 aliphatic carbocycles. The van der Waals surface area contributed by atoms with E-state index in [0.29, 0.717) is 0 Å². The number of fused-ring (bicyclic) bond motifs is 1. The number of ether oxygens (including phenoxy) is 2. The Bertz CT molecular complexity index is 635. The van der Waals surface area contributed by atoms with Gasteiger partial charge in [-0.2, -0.15) is 0 Å². The molecule has 0 saturated heterocycles. The number of nitrogens with one attached hydrogen (secondary N) is 1. The van der Waals surface area contributed by atoms with Gasteiger partial charge in [-0.25, -0.2) is 0 Å². The van der Waals surface area contributed by atoms with Gasteiger partial charge in [-0.05, 0) is 69.1 Å². The molecule has 0 amide bonds. The first-order valence-electron chi connectivity index (χ1n) is 10.7. The van der Waals surface area contributed by atoms with E-state index in [0.717, 1.165) is 76.1 Å². The van der Waals surface area contributed by atoms with Crippen LogP contribution in [0.1, 0.15) is 44.7 Å². The Morgan fingerprint density at radius 2 is 1.72 bits per heavy atom. The minimum absolute atomic E-state index is 0. The molecule has 1 aromatic rings. The molecule has 0 spiro atoms. The van der Waals surface area contributed by atoms with Crippen LogP contribution in [0.3, 0.4) is 0 Å². The summed E-state index contributed by atoms with van der Waals surface area (Å²) in [5, 5.41) is 3.47. The van der Waals surface area contributed by atoms with Gasteiger partial charge in [0, 0.05) is 26.2 Å². The van der Waals surface area contributed by atoms with Crippen molar-refractivity contribution in [3.63, 3.8) is 0 Å². The largest absolute Gasteiger partial charge is 0.493 e. The van der Waals surface area contributed by atoms with Gasteiger partial charge >= 0.3 is 0 Å². The number of benzene rings is 1. The van der Waals surface area contributed by atoms with E-state index in [1.807, 2.05) is 0 Å². The smallest absolute Gasteiger partial charge is 0.194 e. The monoisotopic (exact) mass is 518 g/mol. The molecule has 0 radical (unpaired) electrons. The molecular formula is C22H39IN4O2. The van der Waals surface area contributed by atoms with E-state index in [1.54, 1.807) is 14.2 Å². The number of rotatable bonds is 10. The average molecular weight is 518 g/mol. The summed E-state index contributed by atoms with van der Waals surface area (Å²) >= 11 is 0. The van der Waals surface area contributed by atoms with E-state index in [9.17, 15) is 0 Å². The lowest BCUT2D eigenvalue weighted by molar-refractivity contribution is 0.297. The second-order valence-corrected chi connectivity index (χ2v) is 7.12. The van der Waals surface area contributed by atoms with Crippen molar-refractivity contribution in [2.24, 2.45) is 4.99 Å². The molecule has 0 aromatic heterocycles. The maximum Gasteiger partial charge on any atom is 0.194 e. The van der Waals surface area contributed by atoms with Crippen molar-refractivity contribution in [2.45, 2.75) is 46.6 Å². The normalized spacial score (nSPS) is 13.7. The fraction of sp³-hybridized carbons (Fsp3) is 0.682. The van der Waals surface area contributed by atoms with Gasteiger partial charge in [0.05, 0.1) is 14.2 Å². The Balaban J connectivity index is 0.00000420. The number of halogens is 1. The molecule has 0 bridgehead atoms. The van der Waals surface area contributed by atoms with Gasteiger partial charge in [0.25, 0.3) is 0 Å². The van der Waals surface area contributed by atoms with Crippen LogP contribution in [0.4, 0.5) is 0 Å². The molecule has 1 heterocycles. The van der Waals surface area contributed by atoms with Gasteiger partial charge < -0.3 is 24.6 Å².